The average Bonchev–Trinajstić information content (AvgIpc) is 3.07. The molecule has 0 atom stereocenters. The van der Waals surface area contributed by atoms with Gasteiger partial charge in [0.2, 0.25) is 5.91 Å². The molecule has 0 unspecified atom stereocenters. The van der Waals surface area contributed by atoms with Gasteiger partial charge in [-0.3, -0.25) is 14.6 Å². The molecule has 0 spiro atoms. The van der Waals surface area contributed by atoms with Gasteiger partial charge in [0.05, 0.1) is 16.1 Å². The molecule has 2 heterocycles. The number of rotatable bonds is 5. The lowest BCUT2D eigenvalue weighted by Gasteiger charge is -2.07. The van der Waals surface area contributed by atoms with Gasteiger partial charge in [-0.1, -0.05) is 24.3 Å². The molecular formula is C17H14N2O2S. The van der Waals surface area contributed by atoms with E-state index in [0.717, 1.165) is 10.9 Å². The Bertz CT molecular complexity index is 807. The Kier molecular flexibility index (Phi) is 4.25. The van der Waals surface area contributed by atoms with E-state index in [1.165, 1.54) is 11.3 Å². The maximum absolute atomic E-state index is 12.0. The number of thiophene rings is 1. The van der Waals surface area contributed by atoms with Crippen LogP contribution in [0, 0.1) is 0 Å². The fraction of sp³-hybridized carbons (Fsp3) is 0.118. The Morgan fingerprint density at radius 2 is 1.91 bits per heavy atom. The average molecular weight is 310 g/mol. The first-order valence-corrected chi connectivity index (χ1v) is 7.82. The monoisotopic (exact) mass is 310 g/mol. The number of ketones is 1. The van der Waals surface area contributed by atoms with Crippen molar-refractivity contribution in [2.75, 3.05) is 5.32 Å². The number of amides is 1. The second-order valence-corrected chi connectivity index (χ2v) is 5.78. The van der Waals surface area contributed by atoms with E-state index in [-0.39, 0.29) is 24.5 Å². The van der Waals surface area contributed by atoms with Crippen LogP contribution in [0.1, 0.15) is 22.5 Å². The van der Waals surface area contributed by atoms with E-state index in [4.69, 9.17) is 0 Å². The quantitative estimate of drug-likeness (QED) is 0.727. The molecule has 2 aromatic heterocycles. The lowest BCUT2D eigenvalue weighted by atomic mass is 10.1. The standard InChI is InChI=1S/C17H14N2O2S/c20-14(15-7-3-11-22-15)8-9-16(21)19-13-6-1-4-12-5-2-10-18-17(12)13/h1-7,10-11H,8-9H2,(H,19,21). The van der Waals surface area contributed by atoms with Crippen LogP contribution in [0.25, 0.3) is 10.9 Å². The maximum atomic E-state index is 12.0. The molecule has 5 heteroatoms. The molecule has 1 N–H and O–H groups in total. The fourth-order valence-corrected chi connectivity index (χ4v) is 2.90. The second kappa shape index (κ2) is 6.49. The highest BCUT2D eigenvalue weighted by Gasteiger charge is 2.11. The first kappa shape index (κ1) is 14.4. The smallest absolute Gasteiger partial charge is 0.224 e. The molecule has 0 bridgehead atoms. The van der Waals surface area contributed by atoms with Crippen molar-refractivity contribution >= 4 is 39.6 Å². The third-order valence-electron chi connectivity index (χ3n) is 3.28. The van der Waals surface area contributed by atoms with E-state index in [0.29, 0.717) is 10.6 Å². The van der Waals surface area contributed by atoms with Crippen LogP contribution in [0.5, 0.6) is 0 Å². The first-order valence-electron chi connectivity index (χ1n) is 6.94. The maximum Gasteiger partial charge on any atom is 0.224 e. The number of benzene rings is 1. The summed E-state index contributed by atoms with van der Waals surface area (Å²) in [6.45, 7) is 0. The molecule has 0 saturated carbocycles. The van der Waals surface area contributed by atoms with Crippen molar-refractivity contribution in [3.8, 4) is 0 Å². The highest BCUT2D eigenvalue weighted by Crippen LogP contribution is 2.21. The Balaban J connectivity index is 1.65. The molecule has 4 nitrogen and oxygen atoms in total. The summed E-state index contributed by atoms with van der Waals surface area (Å²) in [7, 11) is 0. The number of hydrogen-bond donors (Lipinski definition) is 1. The molecule has 3 rings (SSSR count). The van der Waals surface area contributed by atoms with Crippen LogP contribution < -0.4 is 5.32 Å². The number of nitrogens with one attached hydrogen (secondary N) is 1. The summed E-state index contributed by atoms with van der Waals surface area (Å²) in [5, 5.41) is 5.66. The minimum Gasteiger partial charge on any atom is -0.324 e. The molecule has 1 aromatic carbocycles. The van der Waals surface area contributed by atoms with Gasteiger partial charge in [0.1, 0.15) is 0 Å². The number of carbonyl (C=O) groups excluding carboxylic acids is 2. The number of para-hydroxylation sites is 1. The number of Topliss-reactive ketones (excluding diaryl/α,β-unsaturated/α-hetero) is 1. The highest BCUT2D eigenvalue weighted by molar-refractivity contribution is 7.12. The Labute approximate surface area is 131 Å². The summed E-state index contributed by atoms with van der Waals surface area (Å²) in [5.41, 5.74) is 1.43. The molecule has 0 aliphatic carbocycles. The zero-order valence-electron chi connectivity index (χ0n) is 11.8. The first-order chi connectivity index (χ1) is 10.7. The van der Waals surface area contributed by atoms with Crippen LogP contribution in [0.2, 0.25) is 0 Å². The molecule has 0 aliphatic heterocycles. The second-order valence-electron chi connectivity index (χ2n) is 4.83. The van der Waals surface area contributed by atoms with Crippen molar-refractivity contribution in [1.29, 1.82) is 0 Å². The number of nitrogens with zero attached hydrogens (tertiary/aromatic N) is 1. The molecule has 0 saturated heterocycles. The fourth-order valence-electron chi connectivity index (χ4n) is 2.21. The van der Waals surface area contributed by atoms with Gasteiger partial charge >= 0.3 is 0 Å². The van der Waals surface area contributed by atoms with Gasteiger partial charge in [0, 0.05) is 24.4 Å². The number of aromatic nitrogens is 1. The highest BCUT2D eigenvalue weighted by atomic mass is 32.1. The van der Waals surface area contributed by atoms with Crippen molar-refractivity contribution in [3.63, 3.8) is 0 Å². The largest absolute Gasteiger partial charge is 0.324 e. The van der Waals surface area contributed by atoms with Crippen LogP contribution in [0.3, 0.4) is 0 Å². The van der Waals surface area contributed by atoms with Crippen LogP contribution in [-0.2, 0) is 4.79 Å². The van der Waals surface area contributed by atoms with E-state index in [2.05, 4.69) is 10.3 Å². The third-order valence-corrected chi connectivity index (χ3v) is 4.19. The van der Waals surface area contributed by atoms with E-state index >= 15 is 0 Å². The molecule has 22 heavy (non-hydrogen) atoms. The Morgan fingerprint density at radius 1 is 1.05 bits per heavy atom. The Hall–Kier alpha value is -2.53. The molecule has 110 valence electrons. The molecule has 1 amide bonds. The van der Waals surface area contributed by atoms with Crippen LogP contribution in [-0.4, -0.2) is 16.7 Å². The molecule has 0 fully saturated rings. The van der Waals surface area contributed by atoms with Gasteiger partial charge in [-0.25, -0.2) is 0 Å². The predicted molar refractivity (Wildman–Crippen MR) is 88.3 cm³/mol. The molecule has 3 aromatic rings. The minimum absolute atomic E-state index is 0.00111. The summed E-state index contributed by atoms with van der Waals surface area (Å²) < 4.78 is 0. The van der Waals surface area contributed by atoms with Gasteiger partial charge in [-0.15, -0.1) is 11.3 Å². The van der Waals surface area contributed by atoms with Gasteiger partial charge in [-0.2, -0.15) is 0 Å². The summed E-state index contributed by atoms with van der Waals surface area (Å²) in [5.74, 6) is -0.177. The number of carbonyl (C=O) groups is 2. The number of anilines is 1. The zero-order chi connectivity index (χ0) is 15.4. The molecular weight excluding hydrogens is 296 g/mol. The normalized spacial score (nSPS) is 10.5. The van der Waals surface area contributed by atoms with Crippen LogP contribution in [0.4, 0.5) is 5.69 Å². The SMILES string of the molecule is O=C(CCC(=O)c1cccs1)Nc1cccc2cccnc12. The molecule has 0 radical (unpaired) electrons. The Morgan fingerprint density at radius 3 is 2.73 bits per heavy atom. The van der Waals surface area contributed by atoms with Crippen LogP contribution in [0.15, 0.2) is 54.0 Å². The third kappa shape index (κ3) is 3.20. The van der Waals surface area contributed by atoms with Crippen molar-refractivity contribution < 1.29 is 9.59 Å². The predicted octanol–water partition coefficient (Wildman–Crippen LogP) is 3.90. The number of fused-ring (bicyclic) bond motifs is 1. The van der Waals surface area contributed by atoms with E-state index in [1.54, 1.807) is 12.3 Å². The number of pyridine rings is 1. The van der Waals surface area contributed by atoms with Crippen LogP contribution >= 0.6 is 11.3 Å². The summed E-state index contributed by atoms with van der Waals surface area (Å²) >= 11 is 1.40. The van der Waals surface area contributed by atoms with Crippen molar-refractivity contribution in [1.82, 2.24) is 4.98 Å². The summed E-state index contributed by atoms with van der Waals surface area (Å²) in [6.07, 6.45) is 2.07. The van der Waals surface area contributed by atoms with E-state index < -0.39 is 0 Å². The lowest BCUT2D eigenvalue weighted by Crippen LogP contribution is -2.13. The van der Waals surface area contributed by atoms with Gasteiger partial charge in [0.15, 0.2) is 5.78 Å². The van der Waals surface area contributed by atoms with Gasteiger partial charge < -0.3 is 5.32 Å². The van der Waals surface area contributed by atoms with Crippen molar-refractivity contribution in [2.45, 2.75) is 12.8 Å². The lowest BCUT2D eigenvalue weighted by molar-refractivity contribution is -0.116. The van der Waals surface area contributed by atoms with Gasteiger partial charge in [-0.05, 0) is 23.6 Å². The van der Waals surface area contributed by atoms with Crippen molar-refractivity contribution in [3.05, 3.63) is 58.9 Å². The minimum atomic E-state index is -0.178. The molecule has 0 aliphatic rings. The summed E-state index contributed by atoms with van der Waals surface area (Å²) in [4.78, 5) is 28.9. The van der Waals surface area contributed by atoms with Gasteiger partial charge in [0.25, 0.3) is 0 Å². The summed E-state index contributed by atoms with van der Waals surface area (Å²) in [6, 6.07) is 13.0. The van der Waals surface area contributed by atoms with Crippen molar-refractivity contribution in [2.24, 2.45) is 0 Å². The zero-order valence-corrected chi connectivity index (χ0v) is 12.6. The van der Waals surface area contributed by atoms with E-state index in [9.17, 15) is 9.59 Å². The van der Waals surface area contributed by atoms with E-state index in [1.807, 2.05) is 41.8 Å². The number of hydrogen-bond acceptors (Lipinski definition) is 4. The topological polar surface area (TPSA) is 59.1 Å².